The molecule has 0 spiro atoms. The van der Waals surface area contributed by atoms with E-state index in [0.29, 0.717) is 12.8 Å². The maximum Gasteiger partial charge on any atom is 0.242 e. The topological polar surface area (TPSA) is 78.4 Å². The molecule has 1 aliphatic carbocycles. The summed E-state index contributed by atoms with van der Waals surface area (Å²) in [7, 11) is 0. The van der Waals surface area contributed by atoms with E-state index < -0.39 is 29.7 Å². The first-order valence-corrected chi connectivity index (χ1v) is 8.08. The molecule has 0 heterocycles. The number of carbonyl (C=O) groups excluding carboxylic acids is 2. The normalized spacial score (nSPS) is 21.8. The molecule has 0 radical (unpaired) electrons. The van der Waals surface area contributed by atoms with Crippen LogP contribution < -0.4 is 10.6 Å². The lowest BCUT2D eigenvalue weighted by Crippen LogP contribution is -2.52. The number of nitrogens with one attached hydrogen (secondary N) is 2. The van der Waals surface area contributed by atoms with Crippen molar-refractivity contribution in [3.8, 4) is 0 Å². The lowest BCUT2D eigenvalue weighted by molar-refractivity contribution is -0.129. The van der Waals surface area contributed by atoms with Gasteiger partial charge in [0.1, 0.15) is 17.7 Å². The summed E-state index contributed by atoms with van der Waals surface area (Å²) >= 11 is 0. The lowest BCUT2D eigenvalue weighted by atomic mass is 9.92. The molecule has 2 amide bonds. The van der Waals surface area contributed by atoms with Gasteiger partial charge in [0.25, 0.3) is 0 Å². The van der Waals surface area contributed by atoms with Gasteiger partial charge in [-0.15, -0.1) is 0 Å². The van der Waals surface area contributed by atoms with Crippen molar-refractivity contribution < 1.29 is 23.5 Å². The molecule has 0 saturated heterocycles. The minimum Gasteiger partial charge on any atom is -0.391 e. The van der Waals surface area contributed by atoms with Crippen LogP contribution >= 0.6 is 0 Å². The van der Waals surface area contributed by atoms with E-state index in [1.54, 1.807) is 0 Å². The van der Waals surface area contributed by atoms with Crippen molar-refractivity contribution in [1.82, 2.24) is 10.6 Å². The van der Waals surface area contributed by atoms with Crippen molar-refractivity contribution >= 4 is 11.8 Å². The number of benzene rings is 1. The van der Waals surface area contributed by atoms with Gasteiger partial charge in [0.15, 0.2) is 0 Å². The minimum absolute atomic E-state index is 0.195. The van der Waals surface area contributed by atoms with Gasteiger partial charge in [-0.25, -0.2) is 8.78 Å². The Morgan fingerprint density at radius 3 is 2.46 bits per heavy atom. The van der Waals surface area contributed by atoms with Crippen LogP contribution in [-0.2, 0) is 16.0 Å². The Morgan fingerprint density at radius 1 is 1.21 bits per heavy atom. The van der Waals surface area contributed by atoms with Crippen molar-refractivity contribution in [1.29, 1.82) is 0 Å². The molecule has 5 nitrogen and oxygen atoms in total. The lowest BCUT2D eigenvalue weighted by Gasteiger charge is -2.29. The van der Waals surface area contributed by atoms with Crippen molar-refractivity contribution in [2.75, 3.05) is 0 Å². The minimum atomic E-state index is -0.801. The molecular weight excluding hydrogens is 318 g/mol. The molecule has 0 aromatic heterocycles. The predicted octanol–water partition coefficient (Wildman–Crippen LogP) is 1.43. The highest BCUT2D eigenvalue weighted by molar-refractivity contribution is 5.88. The van der Waals surface area contributed by atoms with E-state index in [-0.39, 0.29) is 23.9 Å². The number of aliphatic hydroxyl groups excluding tert-OH is 1. The smallest absolute Gasteiger partial charge is 0.242 e. The average Bonchev–Trinajstić information content (AvgIpc) is 2.48. The van der Waals surface area contributed by atoms with E-state index in [1.165, 1.54) is 6.92 Å². The number of carbonyl (C=O) groups is 2. The summed E-state index contributed by atoms with van der Waals surface area (Å²) in [4.78, 5) is 24.0. The first-order chi connectivity index (χ1) is 11.3. The van der Waals surface area contributed by atoms with Crippen LogP contribution in [0.25, 0.3) is 0 Å². The van der Waals surface area contributed by atoms with Crippen molar-refractivity contribution in [3.63, 3.8) is 0 Å². The number of hydrogen-bond donors (Lipinski definition) is 3. The third-order valence-corrected chi connectivity index (χ3v) is 4.11. The molecule has 1 aromatic carbocycles. The maximum atomic E-state index is 13.1. The second-order valence-electron chi connectivity index (χ2n) is 6.21. The molecule has 132 valence electrons. The summed E-state index contributed by atoms with van der Waals surface area (Å²) in [5.41, 5.74) is 0.195. The van der Waals surface area contributed by atoms with Gasteiger partial charge in [0.05, 0.1) is 18.6 Å². The summed E-state index contributed by atoms with van der Waals surface area (Å²) in [6.07, 6.45) is 2.43. The van der Waals surface area contributed by atoms with E-state index in [2.05, 4.69) is 10.6 Å². The van der Waals surface area contributed by atoms with Crippen LogP contribution in [0, 0.1) is 11.6 Å². The molecule has 1 aliphatic rings. The van der Waals surface area contributed by atoms with Crippen LogP contribution in [0.3, 0.4) is 0 Å². The Bertz CT molecular complexity index is 589. The Morgan fingerprint density at radius 2 is 1.83 bits per heavy atom. The fraction of sp³-hybridized carbons (Fsp3) is 0.529. The number of amides is 2. The summed E-state index contributed by atoms with van der Waals surface area (Å²) in [6, 6.07) is 1.78. The molecule has 2 rings (SSSR count). The monoisotopic (exact) mass is 340 g/mol. The molecule has 1 aromatic rings. The van der Waals surface area contributed by atoms with Crippen LogP contribution in [0.15, 0.2) is 18.2 Å². The SMILES string of the molecule is CC(NC(=O)Cc1cc(F)cc(F)c1)C(=O)NC1CCCCC1O. The first-order valence-electron chi connectivity index (χ1n) is 8.08. The number of halogens is 2. The summed E-state index contributed by atoms with van der Waals surface area (Å²) < 4.78 is 26.2. The highest BCUT2D eigenvalue weighted by Gasteiger charge is 2.26. The third-order valence-electron chi connectivity index (χ3n) is 4.11. The van der Waals surface area contributed by atoms with E-state index in [9.17, 15) is 23.5 Å². The molecular formula is C17H22F2N2O3. The molecule has 7 heteroatoms. The number of aliphatic hydroxyl groups is 1. The Balaban J connectivity index is 1.85. The first kappa shape index (κ1) is 18.3. The highest BCUT2D eigenvalue weighted by Crippen LogP contribution is 2.18. The summed E-state index contributed by atoms with van der Waals surface area (Å²) in [5.74, 6) is -2.41. The van der Waals surface area contributed by atoms with Crippen LogP contribution in [0.2, 0.25) is 0 Å². The van der Waals surface area contributed by atoms with Gasteiger partial charge in [-0.2, -0.15) is 0 Å². The van der Waals surface area contributed by atoms with Gasteiger partial charge in [-0.3, -0.25) is 9.59 Å². The Labute approximate surface area is 139 Å². The zero-order valence-corrected chi connectivity index (χ0v) is 13.5. The van der Waals surface area contributed by atoms with E-state index in [4.69, 9.17) is 0 Å². The van der Waals surface area contributed by atoms with E-state index in [1.807, 2.05) is 0 Å². The zero-order valence-electron chi connectivity index (χ0n) is 13.5. The van der Waals surface area contributed by atoms with Crippen LogP contribution in [-0.4, -0.2) is 35.1 Å². The van der Waals surface area contributed by atoms with Gasteiger partial charge >= 0.3 is 0 Å². The molecule has 0 bridgehead atoms. The van der Waals surface area contributed by atoms with Crippen molar-refractivity contribution in [2.45, 2.75) is 57.2 Å². The standard InChI is InChI=1S/C17H22F2N2O3/c1-10(17(24)21-14-4-2-3-5-15(14)22)20-16(23)8-11-6-12(18)9-13(19)7-11/h6-7,9-10,14-15,22H,2-5,8H2,1H3,(H,20,23)(H,21,24). The van der Waals surface area contributed by atoms with Crippen LogP contribution in [0.4, 0.5) is 8.78 Å². The fourth-order valence-corrected chi connectivity index (χ4v) is 2.84. The second-order valence-corrected chi connectivity index (χ2v) is 6.21. The van der Waals surface area contributed by atoms with Crippen LogP contribution in [0.1, 0.15) is 38.2 Å². The predicted molar refractivity (Wildman–Crippen MR) is 84.1 cm³/mol. The summed E-state index contributed by atoms with van der Waals surface area (Å²) in [5, 5.41) is 15.1. The van der Waals surface area contributed by atoms with Crippen LogP contribution in [0.5, 0.6) is 0 Å². The molecule has 3 unspecified atom stereocenters. The summed E-state index contributed by atoms with van der Waals surface area (Å²) in [6.45, 7) is 1.52. The Kier molecular flexibility index (Phi) is 6.25. The third kappa shape index (κ3) is 5.26. The van der Waals surface area contributed by atoms with Gasteiger partial charge in [0, 0.05) is 6.07 Å². The number of hydrogen-bond acceptors (Lipinski definition) is 3. The second kappa shape index (κ2) is 8.19. The quantitative estimate of drug-likeness (QED) is 0.759. The zero-order chi connectivity index (χ0) is 17.7. The van der Waals surface area contributed by atoms with Gasteiger partial charge in [-0.05, 0) is 37.5 Å². The van der Waals surface area contributed by atoms with Gasteiger partial charge in [-0.1, -0.05) is 12.8 Å². The van der Waals surface area contributed by atoms with Gasteiger partial charge in [0.2, 0.25) is 11.8 Å². The highest BCUT2D eigenvalue weighted by atomic mass is 19.1. The number of rotatable bonds is 5. The molecule has 24 heavy (non-hydrogen) atoms. The van der Waals surface area contributed by atoms with Crippen molar-refractivity contribution in [3.05, 3.63) is 35.4 Å². The average molecular weight is 340 g/mol. The van der Waals surface area contributed by atoms with E-state index in [0.717, 1.165) is 31.0 Å². The van der Waals surface area contributed by atoms with E-state index >= 15 is 0 Å². The molecule has 3 N–H and O–H groups in total. The molecule has 3 atom stereocenters. The fourth-order valence-electron chi connectivity index (χ4n) is 2.84. The molecule has 1 saturated carbocycles. The molecule has 1 fully saturated rings. The van der Waals surface area contributed by atoms with Crippen molar-refractivity contribution in [2.24, 2.45) is 0 Å². The maximum absolute atomic E-state index is 13.1. The molecule has 0 aliphatic heterocycles. The largest absolute Gasteiger partial charge is 0.391 e. The van der Waals surface area contributed by atoms with Gasteiger partial charge < -0.3 is 15.7 Å². The Hall–Kier alpha value is -2.02.